The lowest BCUT2D eigenvalue weighted by molar-refractivity contribution is -0.137. The van der Waals surface area contributed by atoms with Gasteiger partial charge in [-0.05, 0) is 38.5 Å². The fourth-order valence-corrected chi connectivity index (χ4v) is 2.32. The van der Waals surface area contributed by atoms with Crippen LogP contribution in [0.25, 0.3) is 0 Å². The number of unbranched alkanes of at least 4 members (excludes halogenated alkanes) is 11. The molecule has 0 bridgehead atoms. The Hall–Kier alpha value is -1.12. The summed E-state index contributed by atoms with van der Waals surface area (Å²) in [6.45, 7) is 0. The number of carbonyl (C=O) groups excluding carboxylic acids is 1. The van der Waals surface area contributed by atoms with Crippen molar-refractivity contribution in [2.75, 3.05) is 0 Å². The highest BCUT2D eigenvalue weighted by Crippen LogP contribution is 2.09. The maximum Gasteiger partial charge on any atom is 0.303 e. The van der Waals surface area contributed by atoms with Gasteiger partial charge in [-0.1, -0.05) is 50.7 Å². The number of carboxylic acids is 1. The van der Waals surface area contributed by atoms with Gasteiger partial charge in [-0.15, -0.1) is 0 Å². The zero-order valence-corrected chi connectivity index (χ0v) is 13.4. The van der Waals surface area contributed by atoms with Crippen molar-refractivity contribution in [2.24, 2.45) is 0 Å². The van der Waals surface area contributed by atoms with E-state index in [1.54, 1.807) is 0 Å². The summed E-state index contributed by atoms with van der Waals surface area (Å²) < 4.78 is 0. The molecule has 21 heavy (non-hydrogen) atoms. The molecule has 0 unspecified atom stereocenters. The maximum absolute atomic E-state index is 10.3. The number of rotatable bonds is 16. The first-order valence-electron chi connectivity index (χ1n) is 8.58. The molecule has 3 heteroatoms. The van der Waals surface area contributed by atoms with Crippen LogP contribution in [0.3, 0.4) is 0 Å². The third kappa shape index (κ3) is 18.9. The van der Waals surface area contributed by atoms with Gasteiger partial charge in [0, 0.05) is 12.8 Å². The van der Waals surface area contributed by atoms with E-state index in [4.69, 9.17) is 5.11 Å². The van der Waals surface area contributed by atoms with Crippen LogP contribution in [0.5, 0.6) is 0 Å². The van der Waals surface area contributed by atoms with Gasteiger partial charge in [0.25, 0.3) is 0 Å². The van der Waals surface area contributed by atoms with E-state index in [-0.39, 0.29) is 0 Å². The predicted octanol–water partition coefficient (Wildman–Crippen LogP) is 5.29. The lowest BCUT2D eigenvalue weighted by atomic mass is 10.1. The molecule has 0 radical (unpaired) electrons. The molecule has 0 amide bonds. The minimum atomic E-state index is -0.679. The number of carbonyl (C=O) groups is 2. The van der Waals surface area contributed by atoms with Crippen molar-refractivity contribution in [1.82, 2.24) is 0 Å². The first-order chi connectivity index (χ1) is 10.3. The van der Waals surface area contributed by atoms with E-state index in [1.165, 1.54) is 44.9 Å². The van der Waals surface area contributed by atoms with Crippen molar-refractivity contribution >= 4 is 12.3 Å². The number of aliphatic carboxylic acids is 1. The predicted molar refractivity (Wildman–Crippen MR) is 87.5 cm³/mol. The van der Waals surface area contributed by atoms with Gasteiger partial charge in [0.1, 0.15) is 6.29 Å². The molecule has 0 atom stereocenters. The largest absolute Gasteiger partial charge is 0.481 e. The smallest absolute Gasteiger partial charge is 0.303 e. The summed E-state index contributed by atoms with van der Waals surface area (Å²) in [5, 5.41) is 8.51. The van der Waals surface area contributed by atoms with E-state index >= 15 is 0 Å². The Balaban J connectivity index is 3.08. The molecule has 0 aliphatic carbocycles. The molecular formula is C18H32O3. The molecule has 0 spiro atoms. The molecule has 0 heterocycles. The molecule has 0 saturated heterocycles. The van der Waals surface area contributed by atoms with Crippen LogP contribution in [0.15, 0.2) is 12.2 Å². The Morgan fingerprint density at radius 3 is 1.57 bits per heavy atom. The highest BCUT2D eigenvalue weighted by Gasteiger charge is 1.95. The Morgan fingerprint density at radius 1 is 0.667 bits per heavy atom. The van der Waals surface area contributed by atoms with Gasteiger partial charge in [-0.2, -0.15) is 0 Å². The monoisotopic (exact) mass is 296 g/mol. The lowest BCUT2D eigenvalue weighted by Gasteiger charge is -1.99. The number of aldehydes is 1. The summed E-state index contributed by atoms with van der Waals surface area (Å²) in [5.41, 5.74) is 0. The highest BCUT2D eigenvalue weighted by atomic mass is 16.4. The Labute approximate surface area is 129 Å². The number of allylic oxidation sites excluding steroid dienone is 2. The molecule has 0 saturated carbocycles. The van der Waals surface area contributed by atoms with Crippen molar-refractivity contribution < 1.29 is 14.7 Å². The average molecular weight is 296 g/mol. The number of hydrogen-bond acceptors (Lipinski definition) is 2. The van der Waals surface area contributed by atoms with Crippen LogP contribution in [-0.2, 0) is 9.59 Å². The molecule has 0 aliphatic rings. The van der Waals surface area contributed by atoms with E-state index in [2.05, 4.69) is 12.2 Å². The summed E-state index contributed by atoms with van der Waals surface area (Å²) in [6, 6.07) is 0. The fourth-order valence-electron chi connectivity index (χ4n) is 2.32. The SMILES string of the molecule is O=CCCCCCCC/C=C/CCCCCCCC(=O)O. The Morgan fingerprint density at radius 2 is 1.10 bits per heavy atom. The Kier molecular flexibility index (Phi) is 16.0. The second-order valence-electron chi connectivity index (χ2n) is 5.68. The highest BCUT2D eigenvalue weighted by molar-refractivity contribution is 5.66. The van der Waals surface area contributed by atoms with Crippen molar-refractivity contribution in [2.45, 2.75) is 89.9 Å². The number of hydrogen-bond donors (Lipinski definition) is 1. The fraction of sp³-hybridized carbons (Fsp3) is 0.778. The van der Waals surface area contributed by atoms with E-state index in [9.17, 15) is 9.59 Å². The van der Waals surface area contributed by atoms with Gasteiger partial charge in [0.05, 0.1) is 0 Å². The summed E-state index contributed by atoms with van der Waals surface area (Å²) in [7, 11) is 0. The third-order valence-electron chi connectivity index (χ3n) is 3.62. The van der Waals surface area contributed by atoms with Gasteiger partial charge in [-0.25, -0.2) is 0 Å². The summed E-state index contributed by atoms with van der Waals surface area (Å²) in [5.74, 6) is -0.679. The normalized spacial score (nSPS) is 11.0. The van der Waals surface area contributed by atoms with Crippen molar-refractivity contribution in [1.29, 1.82) is 0 Å². The van der Waals surface area contributed by atoms with Crippen molar-refractivity contribution in [3.63, 3.8) is 0 Å². The van der Waals surface area contributed by atoms with Crippen LogP contribution in [0.1, 0.15) is 89.9 Å². The maximum atomic E-state index is 10.3. The van der Waals surface area contributed by atoms with Crippen LogP contribution < -0.4 is 0 Å². The van der Waals surface area contributed by atoms with Gasteiger partial charge in [0.15, 0.2) is 0 Å². The van der Waals surface area contributed by atoms with Gasteiger partial charge >= 0.3 is 5.97 Å². The van der Waals surface area contributed by atoms with Crippen LogP contribution in [0.4, 0.5) is 0 Å². The standard InChI is InChI=1S/C18H32O3/c19-17-15-13-11-9-7-5-3-1-2-4-6-8-10-12-14-16-18(20)21/h1-2,17H,3-16H2,(H,20,21)/b2-1+. The second-order valence-corrected chi connectivity index (χ2v) is 5.68. The summed E-state index contributed by atoms with van der Waals surface area (Å²) in [4.78, 5) is 20.5. The minimum absolute atomic E-state index is 0.315. The molecular weight excluding hydrogens is 264 g/mol. The molecule has 1 N–H and O–H groups in total. The van der Waals surface area contributed by atoms with Crippen LogP contribution in [-0.4, -0.2) is 17.4 Å². The molecule has 0 aromatic heterocycles. The molecule has 0 aromatic carbocycles. The molecule has 0 fully saturated rings. The van der Waals surface area contributed by atoms with Gasteiger partial charge < -0.3 is 9.90 Å². The van der Waals surface area contributed by atoms with Gasteiger partial charge in [0.2, 0.25) is 0 Å². The quantitative estimate of drug-likeness (QED) is 0.239. The number of carboxylic acid groups (broad SMARTS) is 1. The van der Waals surface area contributed by atoms with E-state index in [1.807, 2.05) is 0 Å². The van der Waals surface area contributed by atoms with Crippen molar-refractivity contribution in [3.05, 3.63) is 12.2 Å². The van der Waals surface area contributed by atoms with E-state index in [0.29, 0.717) is 6.42 Å². The molecule has 0 rings (SSSR count). The molecule has 0 aromatic rings. The van der Waals surface area contributed by atoms with E-state index in [0.717, 1.165) is 44.8 Å². The molecule has 0 aliphatic heterocycles. The van der Waals surface area contributed by atoms with Crippen LogP contribution in [0, 0.1) is 0 Å². The van der Waals surface area contributed by atoms with Gasteiger partial charge in [-0.3, -0.25) is 4.79 Å². The zero-order valence-electron chi connectivity index (χ0n) is 13.4. The second kappa shape index (κ2) is 16.9. The molecule has 3 nitrogen and oxygen atoms in total. The summed E-state index contributed by atoms with van der Waals surface area (Å²) in [6.07, 6.45) is 20.4. The van der Waals surface area contributed by atoms with Crippen molar-refractivity contribution in [3.8, 4) is 0 Å². The van der Waals surface area contributed by atoms with E-state index < -0.39 is 5.97 Å². The third-order valence-corrected chi connectivity index (χ3v) is 3.62. The topological polar surface area (TPSA) is 54.4 Å². The minimum Gasteiger partial charge on any atom is -0.481 e. The summed E-state index contributed by atoms with van der Waals surface area (Å²) >= 11 is 0. The molecule has 122 valence electrons. The zero-order chi connectivity index (χ0) is 15.6. The Bertz CT molecular complexity index is 272. The first kappa shape index (κ1) is 19.9. The van der Waals surface area contributed by atoms with Crippen LogP contribution >= 0.6 is 0 Å². The lowest BCUT2D eigenvalue weighted by Crippen LogP contribution is -1.93. The van der Waals surface area contributed by atoms with Crippen LogP contribution in [0.2, 0.25) is 0 Å². The average Bonchev–Trinajstić information content (AvgIpc) is 2.46. The first-order valence-corrected chi connectivity index (χ1v) is 8.58.